The van der Waals surface area contributed by atoms with Gasteiger partial charge in [0.2, 0.25) is 11.1 Å². The second-order valence-corrected chi connectivity index (χ2v) is 12.4. The lowest BCUT2D eigenvalue weighted by molar-refractivity contribution is -0.118. The molecule has 6 nitrogen and oxygen atoms in total. The first kappa shape index (κ1) is 25.4. The summed E-state index contributed by atoms with van der Waals surface area (Å²) < 4.78 is 9.09. The van der Waals surface area contributed by atoms with E-state index in [1.54, 1.807) is 11.8 Å². The standard InChI is InChI=1S/C27H28BrClN4O2S/c1-4-11-36-26-31-25-30-20-13-27(2,3)14-21(34)23(20)24(33(25)32-26)19-12-17(28)7-10-22(19)35-15-16-5-8-18(29)9-6-16/h5-10,12,24H,4,11,13-15H2,1-3H3,(H,30,31,32). The maximum absolute atomic E-state index is 13.6. The van der Waals surface area contributed by atoms with Gasteiger partial charge in [0.25, 0.3) is 0 Å². The number of allylic oxidation sites excluding steroid dienone is 2. The van der Waals surface area contributed by atoms with Crippen LogP contribution in [0.3, 0.4) is 0 Å². The number of hydrogen-bond acceptors (Lipinski definition) is 6. The second kappa shape index (κ2) is 10.2. The number of fused-ring (bicyclic) bond motifs is 1. The number of nitrogens with zero attached hydrogens (tertiary/aromatic N) is 3. The number of halogens is 2. The SMILES string of the molecule is CCCSc1nc2n(n1)C(c1cc(Br)ccc1OCc1ccc(Cl)cc1)C1=C(CC(C)(C)CC1=O)N2. The van der Waals surface area contributed by atoms with Crippen molar-refractivity contribution in [1.29, 1.82) is 0 Å². The summed E-state index contributed by atoms with van der Waals surface area (Å²) in [6, 6.07) is 13.1. The fraction of sp³-hybridized carbons (Fsp3) is 0.370. The molecule has 2 aliphatic rings. The summed E-state index contributed by atoms with van der Waals surface area (Å²) in [5, 5.41) is 9.68. The zero-order chi connectivity index (χ0) is 25.4. The molecule has 0 fully saturated rings. The molecule has 2 heterocycles. The van der Waals surface area contributed by atoms with Crippen molar-refractivity contribution in [2.75, 3.05) is 11.1 Å². The number of hydrogen-bond donors (Lipinski definition) is 1. The van der Waals surface area contributed by atoms with Crippen molar-refractivity contribution in [3.8, 4) is 5.75 Å². The monoisotopic (exact) mass is 586 g/mol. The molecule has 0 saturated carbocycles. The van der Waals surface area contributed by atoms with E-state index < -0.39 is 6.04 Å². The van der Waals surface area contributed by atoms with Gasteiger partial charge in [-0.2, -0.15) is 4.98 Å². The molecule has 36 heavy (non-hydrogen) atoms. The van der Waals surface area contributed by atoms with Gasteiger partial charge < -0.3 is 10.1 Å². The predicted molar refractivity (Wildman–Crippen MR) is 148 cm³/mol. The number of ketones is 1. The van der Waals surface area contributed by atoms with Crippen molar-refractivity contribution < 1.29 is 9.53 Å². The topological polar surface area (TPSA) is 69.0 Å². The number of benzene rings is 2. The Morgan fingerprint density at radius 1 is 1.22 bits per heavy atom. The lowest BCUT2D eigenvalue weighted by Crippen LogP contribution is -2.36. The molecular formula is C27H28BrClN4O2S. The largest absolute Gasteiger partial charge is 0.489 e. The van der Waals surface area contributed by atoms with Gasteiger partial charge in [0.05, 0.1) is 0 Å². The van der Waals surface area contributed by atoms with E-state index >= 15 is 0 Å². The van der Waals surface area contributed by atoms with Crippen LogP contribution in [-0.4, -0.2) is 26.3 Å². The maximum Gasteiger partial charge on any atom is 0.227 e. The molecule has 188 valence electrons. The number of aromatic nitrogens is 3. The quantitative estimate of drug-likeness (QED) is 0.290. The number of ether oxygens (including phenoxy) is 1. The zero-order valence-electron chi connectivity index (χ0n) is 20.5. The smallest absolute Gasteiger partial charge is 0.227 e. The van der Waals surface area contributed by atoms with Gasteiger partial charge in [0.15, 0.2) is 5.78 Å². The molecule has 0 amide bonds. The second-order valence-electron chi connectivity index (χ2n) is 9.97. The van der Waals surface area contributed by atoms with Crippen molar-refractivity contribution >= 4 is 51.0 Å². The van der Waals surface area contributed by atoms with Gasteiger partial charge in [-0.05, 0) is 54.2 Å². The van der Waals surface area contributed by atoms with Gasteiger partial charge in [-0.3, -0.25) is 4.79 Å². The fourth-order valence-corrected chi connectivity index (χ4v) is 5.93. The molecule has 3 aromatic rings. The highest BCUT2D eigenvalue weighted by Gasteiger charge is 2.42. The summed E-state index contributed by atoms with van der Waals surface area (Å²) >= 11 is 11.3. The van der Waals surface area contributed by atoms with Crippen LogP contribution in [-0.2, 0) is 11.4 Å². The summed E-state index contributed by atoms with van der Waals surface area (Å²) in [5.74, 6) is 2.42. The highest BCUT2D eigenvalue weighted by molar-refractivity contribution is 9.10. The van der Waals surface area contributed by atoms with Gasteiger partial charge in [-0.25, -0.2) is 4.68 Å². The zero-order valence-corrected chi connectivity index (χ0v) is 23.6. The van der Waals surface area contributed by atoms with Crippen LogP contribution in [0.25, 0.3) is 0 Å². The Morgan fingerprint density at radius 2 is 2.00 bits per heavy atom. The van der Waals surface area contributed by atoms with Crippen molar-refractivity contribution in [2.24, 2.45) is 5.41 Å². The third-order valence-corrected chi connectivity index (χ3v) is 8.11. The Balaban J connectivity index is 1.59. The average Bonchev–Trinajstić information content (AvgIpc) is 3.23. The van der Waals surface area contributed by atoms with E-state index in [1.165, 1.54) is 0 Å². The Kier molecular flexibility index (Phi) is 7.21. The van der Waals surface area contributed by atoms with E-state index in [4.69, 9.17) is 26.4 Å². The normalized spacial score (nSPS) is 18.5. The molecule has 2 aromatic carbocycles. The molecule has 0 radical (unpaired) electrons. The van der Waals surface area contributed by atoms with E-state index in [1.807, 2.05) is 47.1 Å². The van der Waals surface area contributed by atoms with Gasteiger partial charge >= 0.3 is 0 Å². The molecule has 5 rings (SSSR count). The van der Waals surface area contributed by atoms with Gasteiger partial charge in [0, 0.05) is 38.5 Å². The Hall–Kier alpha value is -2.29. The summed E-state index contributed by atoms with van der Waals surface area (Å²) in [6.07, 6.45) is 2.28. The molecule has 0 bridgehead atoms. The third kappa shape index (κ3) is 5.22. The highest BCUT2D eigenvalue weighted by Crippen LogP contribution is 2.47. The lowest BCUT2D eigenvalue weighted by atomic mass is 9.73. The number of thioether (sulfide) groups is 1. The predicted octanol–water partition coefficient (Wildman–Crippen LogP) is 7.43. The average molecular weight is 588 g/mol. The van der Waals surface area contributed by atoms with Crippen molar-refractivity contribution in [3.63, 3.8) is 0 Å². The molecular weight excluding hydrogens is 560 g/mol. The van der Waals surface area contributed by atoms with Crippen molar-refractivity contribution in [1.82, 2.24) is 14.8 Å². The van der Waals surface area contributed by atoms with Crippen LogP contribution in [0.4, 0.5) is 5.95 Å². The molecule has 1 aliphatic carbocycles. The van der Waals surface area contributed by atoms with E-state index in [9.17, 15) is 4.79 Å². The minimum absolute atomic E-state index is 0.124. The number of carbonyl (C=O) groups is 1. The van der Waals surface area contributed by atoms with Gasteiger partial charge in [0.1, 0.15) is 18.4 Å². The first-order valence-electron chi connectivity index (χ1n) is 12.0. The molecule has 0 saturated heterocycles. The van der Waals surface area contributed by atoms with Crippen LogP contribution in [0.2, 0.25) is 5.02 Å². The lowest BCUT2D eigenvalue weighted by Gasteiger charge is -2.38. The molecule has 1 atom stereocenters. The Bertz CT molecular complexity index is 1340. The number of rotatable bonds is 7. The minimum Gasteiger partial charge on any atom is -0.489 e. The minimum atomic E-state index is -0.430. The van der Waals surface area contributed by atoms with E-state index in [2.05, 4.69) is 42.0 Å². The molecule has 1 aromatic heterocycles. The Morgan fingerprint density at radius 3 is 2.75 bits per heavy atom. The number of nitrogens with one attached hydrogen (secondary N) is 1. The van der Waals surface area contributed by atoms with E-state index in [0.717, 1.165) is 45.5 Å². The fourth-order valence-electron chi connectivity index (χ4n) is 4.74. The first-order chi connectivity index (χ1) is 17.2. The van der Waals surface area contributed by atoms with Crippen LogP contribution in [0.1, 0.15) is 57.2 Å². The van der Waals surface area contributed by atoms with Gasteiger partial charge in [-0.15, -0.1) is 5.10 Å². The van der Waals surface area contributed by atoms with E-state index in [-0.39, 0.29) is 11.2 Å². The summed E-state index contributed by atoms with van der Waals surface area (Å²) in [4.78, 5) is 18.4. The molecule has 1 unspecified atom stereocenters. The van der Waals surface area contributed by atoms with Gasteiger partial charge in [-0.1, -0.05) is 72.2 Å². The van der Waals surface area contributed by atoms with Crippen LogP contribution < -0.4 is 10.1 Å². The highest BCUT2D eigenvalue weighted by atomic mass is 79.9. The summed E-state index contributed by atoms with van der Waals surface area (Å²) in [7, 11) is 0. The molecule has 0 spiro atoms. The summed E-state index contributed by atoms with van der Waals surface area (Å²) in [5.41, 5.74) is 3.43. The van der Waals surface area contributed by atoms with Crippen molar-refractivity contribution in [3.05, 3.63) is 74.4 Å². The number of anilines is 1. The third-order valence-electron chi connectivity index (χ3n) is 6.32. The summed E-state index contributed by atoms with van der Waals surface area (Å²) in [6.45, 7) is 6.78. The van der Waals surface area contributed by atoms with Crippen LogP contribution in [0.15, 0.2) is 63.4 Å². The number of carbonyl (C=O) groups excluding carboxylic acids is 1. The van der Waals surface area contributed by atoms with Crippen LogP contribution in [0, 0.1) is 5.41 Å². The van der Waals surface area contributed by atoms with Crippen molar-refractivity contribution in [2.45, 2.75) is 57.8 Å². The maximum atomic E-state index is 13.6. The first-order valence-corrected chi connectivity index (χ1v) is 14.2. The van der Waals surface area contributed by atoms with Crippen LogP contribution in [0.5, 0.6) is 5.75 Å². The number of Topliss-reactive ketones (excluding diaryl/α,β-unsaturated/α-hetero) is 1. The van der Waals surface area contributed by atoms with Crippen LogP contribution >= 0.6 is 39.3 Å². The Labute approximate surface area is 229 Å². The molecule has 1 aliphatic heterocycles. The van der Waals surface area contributed by atoms with E-state index in [0.29, 0.717) is 34.9 Å². The molecule has 9 heteroatoms. The molecule has 1 N–H and O–H groups in total.